The molecule has 0 aromatic carbocycles. The lowest BCUT2D eigenvalue weighted by atomic mass is 10.2. The molecule has 1 aromatic rings. The van der Waals surface area contributed by atoms with Crippen molar-refractivity contribution in [2.75, 3.05) is 26.2 Å². The van der Waals surface area contributed by atoms with Crippen LogP contribution in [-0.4, -0.2) is 52.8 Å². The van der Waals surface area contributed by atoms with Crippen LogP contribution in [0.2, 0.25) is 0 Å². The van der Waals surface area contributed by atoms with Crippen LogP contribution < -0.4 is 5.32 Å². The van der Waals surface area contributed by atoms with Crippen LogP contribution in [0.5, 0.6) is 0 Å². The van der Waals surface area contributed by atoms with Gasteiger partial charge in [0.25, 0.3) is 0 Å². The lowest BCUT2D eigenvalue weighted by Gasteiger charge is -2.35. The molecule has 0 amide bonds. The number of morpholine rings is 1. The monoisotopic (exact) mass is 280 g/mol. The van der Waals surface area contributed by atoms with E-state index in [1.807, 2.05) is 19.6 Å². The second kappa shape index (κ2) is 7.76. The molecule has 0 spiro atoms. The van der Waals surface area contributed by atoms with Crippen molar-refractivity contribution in [2.45, 2.75) is 45.4 Å². The zero-order valence-corrected chi connectivity index (χ0v) is 13.0. The molecule has 0 radical (unpaired) electrons. The lowest BCUT2D eigenvalue weighted by molar-refractivity contribution is -0.0681. The summed E-state index contributed by atoms with van der Waals surface area (Å²) in [5.74, 6) is 0. The Bertz CT molecular complexity index is 383. The molecule has 2 heterocycles. The van der Waals surface area contributed by atoms with Gasteiger partial charge in [-0.2, -0.15) is 0 Å². The Morgan fingerprint density at radius 3 is 2.70 bits per heavy atom. The number of nitrogens with zero attached hydrogens (tertiary/aromatic N) is 3. The Kier molecular flexibility index (Phi) is 6.01. The molecular weight excluding hydrogens is 252 g/mol. The van der Waals surface area contributed by atoms with E-state index in [4.69, 9.17) is 4.74 Å². The van der Waals surface area contributed by atoms with E-state index in [1.54, 1.807) is 0 Å². The summed E-state index contributed by atoms with van der Waals surface area (Å²) >= 11 is 0. The van der Waals surface area contributed by atoms with E-state index in [-0.39, 0.29) is 0 Å². The molecule has 5 heteroatoms. The molecule has 1 N–H and O–H groups in total. The summed E-state index contributed by atoms with van der Waals surface area (Å²) in [6.45, 7) is 9.64. The normalized spacial score (nSPS) is 24.1. The third kappa shape index (κ3) is 4.89. The summed E-state index contributed by atoms with van der Waals surface area (Å²) in [4.78, 5) is 6.64. The minimum Gasteiger partial charge on any atom is -0.373 e. The second-order valence-electron chi connectivity index (χ2n) is 5.90. The third-order valence-corrected chi connectivity index (χ3v) is 3.80. The van der Waals surface area contributed by atoms with Gasteiger partial charge in [0.1, 0.15) is 0 Å². The number of nitrogens with one attached hydrogen (secondary N) is 1. The van der Waals surface area contributed by atoms with Gasteiger partial charge in [-0.05, 0) is 39.8 Å². The minimum atomic E-state index is 0.377. The third-order valence-electron chi connectivity index (χ3n) is 3.80. The van der Waals surface area contributed by atoms with E-state index < -0.39 is 0 Å². The van der Waals surface area contributed by atoms with Gasteiger partial charge < -0.3 is 14.6 Å². The van der Waals surface area contributed by atoms with E-state index in [9.17, 15) is 0 Å². The predicted octanol–water partition coefficient (Wildman–Crippen LogP) is 1.40. The predicted molar refractivity (Wildman–Crippen MR) is 80.6 cm³/mol. The van der Waals surface area contributed by atoms with Crippen LogP contribution in [0.4, 0.5) is 0 Å². The zero-order chi connectivity index (χ0) is 14.4. The van der Waals surface area contributed by atoms with Gasteiger partial charge in [-0.3, -0.25) is 4.90 Å². The van der Waals surface area contributed by atoms with Crippen LogP contribution >= 0.6 is 0 Å². The number of unbranched alkanes of at least 4 members (excludes halogenated alkanes) is 1. The van der Waals surface area contributed by atoms with Gasteiger partial charge in [0, 0.05) is 32.9 Å². The molecular formula is C15H28N4O. The number of aryl methyl sites for hydroxylation is 1. The van der Waals surface area contributed by atoms with Crippen molar-refractivity contribution in [3.63, 3.8) is 0 Å². The molecule has 2 atom stereocenters. The van der Waals surface area contributed by atoms with Crippen molar-refractivity contribution >= 4 is 0 Å². The molecule has 1 aromatic heterocycles. The van der Waals surface area contributed by atoms with Gasteiger partial charge in [0.05, 0.1) is 24.2 Å². The Labute approximate surface area is 122 Å². The summed E-state index contributed by atoms with van der Waals surface area (Å²) in [5, 5.41) is 3.48. The molecule has 1 aliphatic rings. The number of hydrogen-bond acceptors (Lipinski definition) is 4. The average Bonchev–Trinajstić information content (AvgIpc) is 2.78. The van der Waals surface area contributed by atoms with E-state index in [0.717, 1.165) is 26.2 Å². The topological polar surface area (TPSA) is 42.3 Å². The van der Waals surface area contributed by atoms with Crippen molar-refractivity contribution in [3.05, 3.63) is 18.2 Å². The second-order valence-corrected chi connectivity index (χ2v) is 5.90. The molecule has 2 rings (SSSR count). The number of hydrogen-bond donors (Lipinski definition) is 1. The first-order chi connectivity index (χ1) is 9.65. The Morgan fingerprint density at radius 1 is 1.30 bits per heavy atom. The van der Waals surface area contributed by atoms with Crippen molar-refractivity contribution in [2.24, 2.45) is 7.05 Å². The first-order valence-corrected chi connectivity index (χ1v) is 7.69. The molecule has 1 fully saturated rings. The Balaban J connectivity index is 1.52. The highest BCUT2D eigenvalue weighted by Gasteiger charge is 2.21. The maximum Gasteiger partial charge on any atom is 0.0945 e. The quantitative estimate of drug-likeness (QED) is 0.767. The molecule has 5 nitrogen and oxygen atoms in total. The molecule has 0 saturated carbocycles. The van der Waals surface area contributed by atoms with E-state index in [0.29, 0.717) is 12.2 Å². The highest BCUT2D eigenvalue weighted by atomic mass is 16.5. The summed E-state index contributed by atoms with van der Waals surface area (Å²) in [5.41, 5.74) is 1.24. The van der Waals surface area contributed by atoms with Crippen LogP contribution in [0.25, 0.3) is 0 Å². The summed E-state index contributed by atoms with van der Waals surface area (Å²) in [6, 6.07) is 0. The Morgan fingerprint density at radius 2 is 2.05 bits per heavy atom. The largest absolute Gasteiger partial charge is 0.373 e. The van der Waals surface area contributed by atoms with E-state index >= 15 is 0 Å². The van der Waals surface area contributed by atoms with Gasteiger partial charge in [0.2, 0.25) is 0 Å². The van der Waals surface area contributed by atoms with Gasteiger partial charge in [-0.25, -0.2) is 4.98 Å². The van der Waals surface area contributed by atoms with Crippen LogP contribution in [0.3, 0.4) is 0 Å². The van der Waals surface area contributed by atoms with Gasteiger partial charge in [-0.15, -0.1) is 0 Å². The van der Waals surface area contributed by atoms with Crippen molar-refractivity contribution in [1.82, 2.24) is 19.8 Å². The van der Waals surface area contributed by atoms with Crippen LogP contribution in [0.1, 0.15) is 32.4 Å². The van der Waals surface area contributed by atoms with E-state index in [2.05, 4.69) is 33.6 Å². The summed E-state index contributed by atoms with van der Waals surface area (Å²) in [7, 11) is 2.03. The fourth-order valence-electron chi connectivity index (χ4n) is 2.82. The maximum absolute atomic E-state index is 5.75. The number of imidazole rings is 1. The van der Waals surface area contributed by atoms with Crippen LogP contribution in [-0.2, 0) is 18.3 Å². The van der Waals surface area contributed by atoms with Gasteiger partial charge in [-0.1, -0.05) is 0 Å². The van der Waals surface area contributed by atoms with Gasteiger partial charge in [0.15, 0.2) is 0 Å². The summed E-state index contributed by atoms with van der Waals surface area (Å²) in [6.07, 6.45) is 6.99. The van der Waals surface area contributed by atoms with Crippen molar-refractivity contribution in [3.8, 4) is 0 Å². The van der Waals surface area contributed by atoms with Gasteiger partial charge >= 0.3 is 0 Å². The standard InChI is InChI=1S/C15H28N4O/c1-13-10-19(11-14(2)20-13)7-5-4-6-16-8-15-9-17-12-18(15)3/h9,12-14,16H,4-8,10-11H2,1-3H3/t13-,14+. The number of rotatable bonds is 7. The van der Waals surface area contributed by atoms with Crippen LogP contribution in [0, 0.1) is 0 Å². The molecule has 0 unspecified atom stereocenters. The fraction of sp³-hybridized carbons (Fsp3) is 0.800. The van der Waals surface area contributed by atoms with Crippen molar-refractivity contribution in [1.29, 1.82) is 0 Å². The molecule has 114 valence electrons. The van der Waals surface area contributed by atoms with Crippen LogP contribution in [0.15, 0.2) is 12.5 Å². The Hall–Kier alpha value is -0.910. The zero-order valence-electron chi connectivity index (χ0n) is 13.0. The van der Waals surface area contributed by atoms with E-state index in [1.165, 1.54) is 25.1 Å². The maximum atomic E-state index is 5.75. The highest BCUT2D eigenvalue weighted by molar-refractivity contribution is 4.96. The smallest absolute Gasteiger partial charge is 0.0945 e. The molecule has 0 bridgehead atoms. The first-order valence-electron chi connectivity index (χ1n) is 7.69. The first kappa shape index (κ1) is 15.5. The number of aromatic nitrogens is 2. The molecule has 1 saturated heterocycles. The summed E-state index contributed by atoms with van der Waals surface area (Å²) < 4.78 is 7.81. The SMILES string of the molecule is C[C@@H]1CN(CCCCNCc2cncn2C)C[C@H](C)O1. The average molecular weight is 280 g/mol. The lowest BCUT2D eigenvalue weighted by Crippen LogP contribution is -2.45. The molecule has 0 aliphatic carbocycles. The fourth-order valence-corrected chi connectivity index (χ4v) is 2.82. The van der Waals surface area contributed by atoms with Crippen molar-refractivity contribution < 1.29 is 4.74 Å². The molecule has 20 heavy (non-hydrogen) atoms. The number of ether oxygens (including phenoxy) is 1. The highest BCUT2D eigenvalue weighted by Crippen LogP contribution is 2.11. The molecule has 1 aliphatic heterocycles. The minimum absolute atomic E-state index is 0.377.